The van der Waals surface area contributed by atoms with Crippen molar-refractivity contribution < 1.29 is 9.47 Å². The Hall–Kier alpha value is -1.37. The maximum absolute atomic E-state index is 9.08. The summed E-state index contributed by atoms with van der Waals surface area (Å²) in [6, 6.07) is 11.7. The van der Waals surface area contributed by atoms with E-state index in [0.29, 0.717) is 0 Å². The van der Waals surface area contributed by atoms with Crippen LogP contribution in [0.4, 0.5) is 0 Å². The van der Waals surface area contributed by atoms with Gasteiger partial charge < -0.3 is 9.47 Å². The maximum Gasteiger partial charge on any atom is 0.172 e. The van der Waals surface area contributed by atoms with Crippen molar-refractivity contribution in [3.05, 3.63) is 35.9 Å². The van der Waals surface area contributed by atoms with Crippen molar-refractivity contribution in [2.45, 2.75) is 31.7 Å². The van der Waals surface area contributed by atoms with E-state index < -0.39 is 6.10 Å². The molecule has 3 nitrogen and oxygen atoms in total. The minimum absolute atomic E-state index is 0.224. The highest BCUT2D eigenvalue weighted by Crippen LogP contribution is 2.23. The summed E-state index contributed by atoms with van der Waals surface area (Å²) in [6.07, 6.45) is 2.33. The van der Waals surface area contributed by atoms with Crippen molar-refractivity contribution in [1.82, 2.24) is 0 Å². The molecule has 2 atom stereocenters. The largest absolute Gasteiger partial charge is 0.353 e. The van der Waals surface area contributed by atoms with E-state index in [9.17, 15) is 0 Å². The highest BCUT2D eigenvalue weighted by molar-refractivity contribution is 5.21. The summed E-state index contributed by atoms with van der Waals surface area (Å²) >= 11 is 0. The van der Waals surface area contributed by atoms with Crippen molar-refractivity contribution in [1.29, 1.82) is 5.26 Å². The van der Waals surface area contributed by atoms with E-state index in [1.54, 1.807) is 0 Å². The number of hydrogen-bond acceptors (Lipinski definition) is 3. The summed E-state index contributed by atoms with van der Waals surface area (Å²) in [4.78, 5) is 0. The molecule has 0 amide bonds. The van der Waals surface area contributed by atoms with Gasteiger partial charge in [-0.15, -0.1) is 0 Å². The van der Waals surface area contributed by atoms with E-state index in [1.807, 2.05) is 30.3 Å². The lowest BCUT2D eigenvalue weighted by Gasteiger charge is -2.24. The smallest absolute Gasteiger partial charge is 0.172 e. The molecule has 1 aliphatic heterocycles. The predicted molar refractivity (Wildman–Crippen MR) is 59.5 cm³/mol. The molecule has 0 aliphatic carbocycles. The normalized spacial score (nSPS) is 22.3. The van der Waals surface area contributed by atoms with E-state index in [1.165, 1.54) is 0 Å². The summed E-state index contributed by atoms with van der Waals surface area (Å²) < 4.78 is 11.1. The Morgan fingerprint density at radius 3 is 2.75 bits per heavy atom. The minimum Gasteiger partial charge on any atom is -0.353 e. The van der Waals surface area contributed by atoms with Gasteiger partial charge in [0.1, 0.15) is 0 Å². The van der Waals surface area contributed by atoms with Crippen LogP contribution in [0.15, 0.2) is 30.3 Å². The van der Waals surface area contributed by atoms with Crippen LogP contribution in [0.1, 0.15) is 30.9 Å². The van der Waals surface area contributed by atoms with Gasteiger partial charge in [0.25, 0.3) is 0 Å². The van der Waals surface area contributed by atoms with Crippen LogP contribution in [0.3, 0.4) is 0 Å². The topological polar surface area (TPSA) is 42.2 Å². The lowest BCUT2D eigenvalue weighted by Crippen LogP contribution is -2.24. The number of rotatable bonds is 3. The SMILES string of the molecule is N#C[C@H](O[C@H]1CCCCO1)c1ccccc1. The van der Waals surface area contributed by atoms with E-state index in [4.69, 9.17) is 14.7 Å². The van der Waals surface area contributed by atoms with Gasteiger partial charge in [0.15, 0.2) is 12.4 Å². The first-order valence-electron chi connectivity index (χ1n) is 5.62. The van der Waals surface area contributed by atoms with E-state index in [0.717, 1.165) is 31.4 Å². The number of benzene rings is 1. The fourth-order valence-corrected chi connectivity index (χ4v) is 1.78. The van der Waals surface area contributed by atoms with Crippen LogP contribution in [-0.2, 0) is 9.47 Å². The van der Waals surface area contributed by atoms with Gasteiger partial charge in [-0.3, -0.25) is 0 Å². The molecule has 84 valence electrons. The predicted octanol–water partition coefficient (Wildman–Crippen LogP) is 2.79. The van der Waals surface area contributed by atoms with E-state index in [-0.39, 0.29) is 6.29 Å². The zero-order chi connectivity index (χ0) is 11.2. The Morgan fingerprint density at radius 1 is 1.31 bits per heavy atom. The molecule has 1 aromatic rings. The molecular formula is C13H15NO2. The number of nitrogens with zero attached hydrogens (tertiary/aromatic N) is 1. The fourth-order valence-electron chi connectivity index (χ4n) is 1.78. The fraction of sp³-hybridized carbons (Fsp3) is 0.462. The molecular weight excluding hydrogens is 202 g/mol. The van der Waals surface area contributed by atoms with Crippen LogP contribution >= 0.6 is 0 Å². The molecule has 16 heavy (non-hydrogen) atoms. The lowest BCUT2D eigenvalue weighted by atomic mass is 10.1. The number of ether oxygens (including phenoxy) is 2. The van der Waals surface area contributed by atoms with Gasteiger partial charge in [-0.25, -0.2) is 0 Å². The monoisotopic (exact) mass is 217 g/mol. The third kappa shape index (κ3) is 2.82. The van der Waals surface area contributed by atoms with E-state index in [2.05, 4.69) is 6.07 Å². The molecule has 0 bridgehead atoms. The molecule has 0 aromatic heterocycles. The van der Waals surface area contributed by atoms with Crippen LogP contribution in [0.2, 0.25) is 0 Å². The second-order valence-electron chi connectivity index (χ2n) is 3.85. The van der Waals surface area contributed by atoms with Gasteiger partial charge >= 0.3 is 0 Å². The Balaban J connectivity index is 1.98. The van der Waals surface area contributed by atoms with Crippen LogP contribution in [0.5, 0.6) is 0 Å². The molecule has 1 heterocycles. The molecule has 1 aliphatic rings. The summed E-state index contributed by atoms with van der Waals surface area (Å²) in [5.41, 5.74) is 0.888. The molecule has 0 unspecified atom stereocenters. The molecule has 0 N–H and O–H groups in total. The molecule has 1 fully saturated rings. The number of nitriles is 1. The van der Waals surface area contributed by atoms with Crippen molar-refractivity contribution in [2.24, 2.45) is 0 Å². The van der Waals surface area contributed by atoms with Gasteiger partial charge in [0.05, 0.1) is 6.07 Å². The third-order valence-corrected chi connectivity index (χ3v) is 2.65. The summed E-state index contributed by atoms with van der Waals surface area (Å²) in [5, 5.41) is 9.08. The average molecular weight is 217 g/mol. The first-order valence-corrected chi connectivity index (χ1v) is 5.62. The maximum atomic E-state index is 9.08. The standard InChI is InChI=1S/C13H15NO2/c14-10-12(11-6-2-1-3-7-11)16-13-8-4-5-9-15-13/h1-3,6-7,12-13H,4-5,8-9H2/t12-,13-/m0/s1. The first kappa shape index (κ1) is 11.1. The highest BCUT2D eigenvalue weighted by Gasteiger charge is 2.20. The van der Waals surface area contributed by atoms with Crippen LogP contribution in [0, 0.1) is 11.3 Å². The summed E-state index contributed by atoms with van der Waals surface area (Å²) in [7, 11) is 0. The van der Waals surface area contributed by atoms with Crippen molar-refractivity contribution in [2.75, 3.05) is 6.61 Å². The van der Waals surface area contributed by atoms with Gasteiger partial charge in [-0.05, 0) is 24.8 Å². The number of hydrogen-bond donors (Lipinski definition) is 0. The zero-order valence-electron chi connectivity index (χ0n) is 9.13. The Kier molecular flexibility index (Phi) is 3.92. The van der Waals surface area contributed by atoms with E-state index >= 15 is 0 Å². The molecule has 2 rings (SSSR count). The van der Waals surface area contributed by atoms with Crippen molar-refractivity contribution in [3.8, 4) is 6.07 Å². The quantitative estimate of drug-likeness (QED) is 0.781. The lowest BCUT2D eigenvalue weighted by molar-refractivity contribution is -0.178. The van der Waals surface area contributed by atoms with Crippen LogP contribution < -0.4 is 0 Å². The Labute approximate surface area is 95.6 Å². The average Bonchev–Trinajstić information content (AvgIpc) is 2.38. The van der Waals surface area contributed by atoms with Gasteiger partial charge in [-0.1, -0.05) is 30.3 Å². The van der Waals surface area contributed by atoms with Gasteiger partial charge in [-0.2, -0.15) is 5.26 Å². The highest BCUT2D eigenvalue weighted by atomic mass is 16.7. The Morgan fingerprint density at radius 2 is 2.12 bits per heavy atom. The molecule has 0 radical (unpaired) electrons. The molecule has 1 saturated heterocycles. The van der Waals surface area contributed by atoms with Crippen molar-refractivity contribution in [3.63, 3.8) is 0 Å². The Bertz CT molecular complexity index is 352. The molecule has 3 heteroatoms. The van der Waals surface area contributed by atoms with Crippen molar-refractivity contribution >= 4 is 0 Å². The molecule has 0 saturated carbocycles. The molecule has 1 aromatic carbocycles. The van der Waals surface area contributed by atoms with Crippen LogP contribution in [-0.4, -0.2) is 12.9 Å². The first-order chi connectivity index (χ1) is 7.90. The van der Waals surface area contributed by atoms with Crippen LogP contribution in [0.25, 0.3) is 0 Å². The molecule has 0 spiro atoms. The third-order valence-electron chi connectivity index (χ3n) is 2.65. The van der Waals surface area contributed by atoms with Gasteiger partial charge in [0.2, 0.25) is 0 Å². The second kappa shape index (κ2) is 5.64. The summed E-state index contributed by atoms with van der Waals surface area (Å²) in [6.45, 7) is 0.734. The van der Waals surface area contributed by atoms with Gasteiger partial charge in [0, 0.05) is 6.61 Å². The summed E-state index contributed by atoms with van der Waals surface area (Å²) in [5.74, 6) is 0. The minimum atomic E-state index is -0.524. The second-order valence-corrected chi connectivity index (χ2v) is 3.85. The zero-order valence-corrected chi connectivity index (χ0v) is 9.13.